The van der Waals surface area contributed by atoms with Crippen LogP contribution in [0.3, 0.4) is 0 Å². The van der Waals surface area contributed by atoms with Gasteiger partial charge in [0, 0.05) is 6.42 Å². The first-order chi connectivity index (χ1) is 12.5. The van der Waals surface area contributed by atoms with Gasteiger partial charge in [-0.05, 0) is 105 Å². The van der Waals surface area contributed by atoms with Gasteiger partial charge in [-0.25, -0.2) is 0 Å². The van der Waals surface area contributed by atoms with Gasteiger partial charge in [-0.2, -0.15) is 0 Å². The third kappa shape index (κ3) is 2.94. The number of ether oxygens (including phenoxy) is 1. The largest absolute Gasteiger partial charge is 0.469 e. The summed E-state index contributed by atoms with van der Waals surface area (Å²) in [5, 5.41) is 0. The van der Waals surface area contributed by atoms with Crippen LogP contribution in [0, 0.1) is 40.4 Å². The lowest BCUT2D eigenvalue weighted by atomic mass is 9.45. The molecule has 0 aliphatic heterocycles. The average Bonchev–Trinajstić information content (AvgIpc) is 2.97. The third-order valence-corrected chi connectivity index (χ3v) is 9.94. The van der Waals surface area contributed by atoms with E-state index in [9.17, 15) is 4.79 Å². The summed E-state index contributed by atoms with van der Waals surface area (Å²) in [5.74, 6) is 4.81. The van der Waals surface area contributed by atoms with Crippen molar-refractivity contribution in [1.82, 2.24) is 0 Å². The van der Waals surface area contributed by atoms with E-state index >= 15 is 0 Å². The summed E-state index contributed by atoms with van der Waals surface area (Å²) in [7, 11) is 1.51. The number of methoxy groups -OCH3 is 1. The van der Waals surface area contributed by atoms with Gasteiger partial charge in [0.1, 0.15) is 0 Å². The molecule has 0 aromatic heterocycles. The normalized spacial score (nSPS) is 47.6. The molecular formula is C24H40O2. The number of carbonyl (C=O) groups excluding carboxylic acids is 1. The summed E-state index contributed by atoms with van der Waals surface area (Å²) in [4.78, 5) is 11.5. The lowest BCUT2D eigenvalue weighted by Gasteiger charge is -2.60. The number of hydrogen-bond donors (Lipinski definition) is 0. The zero-order valence-electron chi connectivity index (χ0n) is 17.4. The second-order valence-electron chi connectivity index (χ2n) is 10.7. The molecule has 0 heterocycles. The summed E-state index contributed by atoms with van der Waals surface area (Å²) in [5.41, 5.74) is 1.21. The molecule has 0 aromatic carbocycles. The highest BCUT2D eigenvalue weighted by molar-refractivity contribution is 5.68. The Labute approximate surface area is 160 Å². The number of carbonyl (C=O) groups is 1. The fraction of sp³-hybridized carbons (Fsp3) is 0.958. The molecule has 7 atom stereocenters. The molecule has 0 radical (unpaired) electrons. The van der Waals surface area contributed by atoms with Gasteiger partial charge in [0.15, 0.2) is 0 Å². The second kappa shape index (κ2) is 7.13. The van der Waals surface area contributed by atoms with E-state index in [1.54, 1.807) is 0 Å². The van der Waals surface area contributed by atoms with Crippen LogP contribution in [-0.4, -0.2) is 13.1 Å². The standard InChI is InChI=1S/C24H40O2/c1-23-15-5-4-7-17(23)10-12-19-20-13-11-18(8-6-9-22(25)26-3)24(20,2)16-14-21(19)23/h17-21H,4-16H2,1-3H3. The number of rotatable bonds is 4. The SMILES string of the molecule is COC(=O)CCCC1CCC2C3CCC4CCCCC4(C)C3CCC12C. The van der Waals surface area contributed by atoms with Crippen molar-refractivity contribution in [2.75, 3.05) is 7.11 Å². The van der Waals surface area contributed by atoms with Crippen LogP contribution in [0.4, 0.5) is 0 Å². The van der Waals surface area contributed by atoms with Crippen molar-refractivity contribution in [2.24, 2.45) is 40.4 Å². The summed E-state index contributed by atoms with van der Waals surface area (Å²) < 4.78 is 4.84. The summed E-state index contributed by atoms with van der Waals surface area (Å²) in [6.45, 7) is 5.30. The van der Waals surface area contributed by atoms with Gasteiger partial charge in [-0.15, -0.1) is 0 Å². The molecule has 0 spiro atoms. The summed E-state index contributed by atoms with van der Waals surface area (Å²) in [6, 6.07) is 0. The predicted molar refractivity (Wildman–Crippen MR) is 106 cm³/mol. The fourth-order valence-electron chi connectivity index (χ4n) is 8.47. The first-order valence-electron chi connectivity index (χ1n) is 11.6. The lowest BCUT2D eigenvalue weighted by Crippen LogP contribution is -2.52. The molecule has 2 heteroatoms. The molecule has 2 nitrogen and oxygen atoms in total. The molecule has 148 valence electrons. The van der Waals surface area contributed by atoms with E-state index in [0.29, 0.717) is 17.3 Å². The Morgan fingerprint density at radius 1 is 0.923 bits per heavy atom. The van der Waals surface area contributed by atoms with E-state index in [0.717, 1.165) is 36.0 Å². The molecule has 0 saturated heterocycles. The second-order valence-corrected chi connectivity index (χ2v) is 10.7. The smallest absolute Gasteiger partial charge is 0.305 e. The molecule has 0 bridgehead atoms. The van der Waals surface area contributed by atoms with Crippen molar-refractivity contribution in [3.8, 4) is 0 Å². The maximum Gasteiger partial charge on any atom is 0.305 e. The van der Waals surface area contributed by atoms with Gasteiger partial charge in [0.25, 0.3) is 0 Å². The molecule has 7 unspecified atom stereocenters. The van der Waals surface area contributed by atoms with Crippen LogP contribution < -0.4 is 0 Å². The van der Waals surface area contributed by atoms with Gasteiger partial charge in [-0.3, -0.25) is 4.79 Å². The Morgan fingerprint density at radius 3 is 2.54 bits per heavy atom. The van der Waals surface area contributed by atoms with E-state index in [2.05, 4.69) is 13.8 Å². The minimum Gasteiger partial charge on any atom is -0.469 e. The highest BCUT2D eigenvalue weighted by Gasteiger charge is 2.59. The van der Waals surface area contributed by atoms with Crippen LogP contribution in [0.25, 0.3) is 0 Å². The van der Waals surface area contributed by atoms with Crippen LogP contribution in [0.15, 0.2) is 0 Å². The van der Waals surface area contributed by atoms with Gasteiger partial charge in [-0.1, -0.05) is 26.7 Å². The maximum absolute atomic E-state index is 11.5. The minimum atomic E-state index is -0.0306. The van der Waals surface area contributed by atoms with Crippen molar-refractivity contribution in [1.29, 1.82) is 0 Å². The summed E-state index contributed by atoms with van der Waals surface area (Å²) >= 11 is 0. The molecular weight excluding hydrogens is 320 g/mol. The fourth-order valence-corrected chi connectivity index (χ4v) is 8.47. The minimum absolute atomic E-state index is 0.0306. The zero-order valence-corrected chi connectivity index (χ0v) is 17.4. The Morgan fingerprint density at radius 2 is 1.73 bits per heavy atom. The Balaban J connectivity index is 1.45. The summed E-state index contributed by atoms with van der Waals surface area (Å²) in [6.07, 6.45) is 17.7. The van der Waals surface area contributed by atoms with E-state index < -0.39 is 0 Å². The van der Waals surface area contributed by atoms with Gasteiger partial charge in [0.2, 0.25) is 0 Å². The molecule has 4 aliphatic carbocycles. The number of hydrogen-bond acceptors (Lipinski definition) is 2. The van der Waals surface area contributed by atoms with Crippen LogP contribution in [0.5, 0.6) is 0 Å². The van der Waals surface area contributed by atoms with Crippen LogP contribution >= 0.6 is 0 Å². The molecule has 0 aromatic rings. The average molecular weight is 361 g/mol. The highest BCUT2D eigenvalue weighted by Crippen LogP contribution is 2.67. The Kier molecular flexibility index (Phi) is 5.16. The quantitative estimate of drug-likeness (QED) is 0.544. The van der Waals surface area contributed by atoms with E-state index in [4.69, 9.17) is 4.74 Å². The Bertz CT molecular complexity index is 528. The van der Waals surface area contributed by atoms with Crippen molar-refractivity contribution in [3.63, 3.8) is 0 Å². The van der Waals surface area contributed by atoms with Gasteiger partial charge >= 0.3 is 5.97 Å². The zero-order chi connectivity index (χ0) is 18.4. The highest BCUT2D eigenvalue weighted by atomic mass is 16.5. The van der Waals surface area contributed by atoms with Crippen molar-refractivity contribution < 1.29 is 9.53 Å². The van der Waals surface area contributed by atoms with Crippen molar-refractivity contribution >= 4 is 5.97 Å². The topological polar surface area (TPSA) is 26.3 Å². The predicted octanol–water partition coefficient (Wildman–Crippen LogP) is 6.38. The third-order valence-electron chi connectivity index (χ3n) is 9.94. The monoisotopic (exact) mass is 360 g/mol. The molecule has 4 fully saturated rings. The van der Waals surface area contributed by atoms with Crippen molar-refractivity contribution in [2.45, 2.75) is 97.3 Å². The molecule has 0 amide bonds. The van der Waals surface area contributed by atoms with Gasteiger partial charge < -0.3 is 4.74 Å². The molecule has 0 N–H and O–H groups in total. The van der Waals surface area contributed by atoms with Crippen LogP contribution in [0.1, 0.15) is 97.3 Å². The first kappa shape index (κ1) is 18.8. The van der Waals surface area contributed by atoms with Gasteiger partial charge in [0.05, 0.1) is 7.11 Å². The maximum atomic E-state index is 11.5. The molecule has 4 aliphatic rings. The first-order valence-corrected chi connectivity index (χ1v) is 11.6. The van der Waals surface area contributed by atoms with E-state index in [1.165, 1.54) is 77.7 Å². The Hall–Kier alpha value is -0.530. The van der Waals surface area contributed by atoms with E-state index in [-0.39, 0.29) is 5.97 Å². The lowest BCUT2D eigenvalue weighted by molar-refractivity contribution is -0.140. The van der Waals surface area contributed by atoms with Crippen LogP contribution in [-0.2, 0) is 9.53 Å². The number of esters is 1. The van der Waals surface area contributed by atoms with E-state index in [1.807, 2.05) is 0 Å². The number of fused-ring (bicyclic) bond motifs is 5. The molecule has 4 saturated carbocycles. The van der Waals surface area contributed by atoms with Crippen LogP contribution in [0.2, 0.25) is 0 Å². The molecule has 26 heavy (non-hydrogen) atoms. The molecule has 4 rings (SSSR count). The van der Waals surface area contributed by atoms with Crippen molar-refractivity contribution in [3.05, 3.63) is 0 Å².